The van der Waals surface area contributed by atoms with E-state index in [0.29, 0.717) is 23.7 Å². The molecule has 1 atom stereocenters. The van der Waals surface area contributed by atoms with Crippen LogP contribution in [0.5, 0.6) is 5.75 Å². The van der Waals surface area contributed by atoms with Crippen molar-refractivity contribution in [1.29, 1.82) is 0 Å². The molecule has 0 heterocycles. The van der Waals surface area contributed by atoms with Gasteiger partial charge >= 0.3 is 12.2 Å². The van der Waals surface area contributed by atoms with Crippen LogP contribution in [0.15, 0.2) is 67.3 Å². The van der Waals surface area contributed by atoms with Crippen molar-refractivity contribution in [2.75, 3.05) is 16.8 Å². The Morgan fingerprint density at radius 1 is 1.19 bits per heavy atom. The number of nitrogens with one attached hydrogen (secondary N) is 1. The van der Waals surface area contributed by atoms with E-state index in [1.54, 1.807) is 30.3 Å². The number of amides is 2. The molecule has 0 spiro atoms. The number of ether oxygens (including phenoxy) is 2. The van der Waals surface area contributed by atoms with Gasteiger partial charge in [-0.15, -0.1) is 6.58 Å². The molecule has 0 radical (unpaired) electrons. The first-order valence-electron chi connectivity index (χ1n) is 8.76. The minimum absolute atomic E-state index is 0.177. The lowest BCUT2D eigenvalue weighted by Crippen LogP contribution is -2.33. The lowest BCUT2D eigenvalue weighted by atomic mass is 10.3. The van der Waals surface area contributed by atoms with Crippen LogP contribution < -0.4 is 15.0 Å². The number of nitrogens with zero attached hydrogens (tertiary/aromatic N) is 1. The Morgan fingerprint density at radius 3 is 2.59 bits per heavy atom. The summed E-state index contributed by atoms with van der Waals surface area (Å²) < 4.78 is 10.6. The first-order valence-corrected chi connectivity index (χ1v) is 8.76. The second kappa shape index (κ2) is 10.0. The van der Waals surface area contributed by atoms with Crippen molar-refractivity contribution in [2.45, 2.75) is 26.4 Å². The van der Waals surface area contributed by atoms with Crippen LogP contribution in [0.4, 0.5) is 21.0 Å². The Kier molecular flexibility index (Phi) is 7.43. The van der Waals surface area contributed by atoms with Gasteiger partial charge < -0.3 is 9.47 Å². The van der Waals surface area contributed by atoms with Crippen LogP contribution in [0.3, 0.4) is 0 Å². The smallest absolute Gasteiger partial charge is 0.420 e. The van der Waals surface area contributed by atoms with Gasteiger partial charge in [0.25, 0.3) is 0 Å². The highest BCUT2D eigenvalue weighted by atomic mass is 16.6. The molecule has 27 heavy (non-hydrogen) atoms. The normalized spacial score (nSPS) is 11.2. The predicted molar refractivity (Wildman–Crippen MR) is 106 cm³/mol. The fraction of sp³-hybridized carbons (Fsp3) is 0.238. The predicted octanol–water partition coefficient (Wildman–Crippen LogP) is 5.23. The third kappa shape index (κ3) is 6.18. The third-order valence-electron chi connectivity index (χ3n) is 3.77. The van der Waals surface area contributed by atoms with Crippen LogP contribution in [0.2, 0.25) is 0 Å². The average molecular weight is 368 g/mol. The number of hydrogen-bond donors (Lipinski definition) is 1. The lowest BCUT2D eigenvalue weighted by Gasteiger charge is -2.20. The largest absolute Gasteiger partial charge is 0.446 e. The summed E-state index contributed by atoms with van der Waals surface area (Å²) >= 11 is 0. The molecule has 0 aliphatic carbocycles. The molecule has 0 saturated heterocycles. The molecule has 1 unspecified atom stereocenters. The Morgan fingerprint density at radius 2 is 1.93 bits per heavy atom. The van der Waals surface area contributed by atoms with Crippen molar-refractivity contribution in [3.8, 4) is 5.75 Å². The summed E-state index contributed by atoms with van der Waals surface area (Å²) in [5, 5.41) is 2.62. The van der Waals surface area contributed by atoms with Gasteiger partial charge in [0.1, 0.15) is 11.9 Å². The Labute approximate surface area is 159 Å². The molecule has 0 aliphatic rings. The van der Waals surface area contributed by atoms with Crippen LogP contribution in [-0.2, 0) is 4.74 Å². The topological polar surface area (TPSA) is 67.9 Å². The van der Waals surface area contributed by atoms with Crippen LogP contribution in [-0.4, -0.2) is 24.8 Å². The molecule has 0 bridgehead atoms. The van der Waals surface area contributed by atoms with Gasteiger partial charge in [-0.25, -0.2) is 9.59 Å². The number of carbonyl (C=O) groups is 2. The van der Waals surface area contributed by atoms with Crippen molar-refractivity contribution in [1.82, 2.24) is 0 Å². The fourth-order valence-corrected chi connectivity index (χ4v) is 2.23. The van der Waals surface area contributed by atoms with Gasteiger partial charge in [0, 0.05) is 24.0 Å². The molecule has 2 aromatic carbocycles. The molecular formula is C21H24N2O4. The maximum atomic E-state index is 12.6. The summed E-state index contributed by atoms with van der Waals surface area (Å²) in [6.45, 7) is 7.73. The summed E-state index contributed by atoms with van der Waals surface area (Å²) in [7, 11) is 0. The monoisotopic (exact) mass is 368 g/mol. The standard InChI is InChI=1S/C21H24N2O4/c1-4-14-23(18-11-7-6-8-12-18)21(25)27-19-13-9-10-17(15-19)22-20(24)26-16(3)5-2/h4,6-13,15-16H,1,5,14H2,2-3H3,(H,22,24). The minimum Gasteiger partial charge on any atom is -0.446 e. The first kappa shape index (κ1) is 20.0. The average Bonchev–Trinajstić information content (AvgIpc) is 2.66. The molecule has 142 valence electrons. The van der Waals surface area contributed by atoms with Gasteiger partial charge in [-0.1, -0.05) is 37.3 Å². The van der Waals surface area contributed by atoms with E-state index in [-0.39, 0.29) is 6.10 Å². The maximum absolute atomic E-state index is 12.6. The number of carbonyl (C=O) groups excluding carboxylic acids is 2. The van der Waals surface area contributed by atoms with Crippen LogP contribution in [0.25, 0.3) is 0 Å². The van der Waals surface area contributed by atoms with Crippen molar-refractivity contribution in [3.05, 3.63) is 67.3 Å². The molecule has 1 N–H and O–H groups in total. The molecule has 2 aromatic rings. The third-order valence-corrected chi connectivity index (χ3v) is 3.77. The second-order valence-corrected chi connectivity index (χ2v) is 5.88. The van der Waals surface area contributed by atoms with E-state index in [1.807, 2.05) is 44.2 Å². The fourth-order valence-electron chi connectivity index (χ4n) is 2.23. The number of anilines is 2. The summed E-state index contributed by atoms with van der Waals surface area (Å²) in [6.07, 6.45) is 1.08. The summed E-state index contributed by atoms with van der Waals surface area (Å²) in [4.78, 5) is 25.9. The van der Waals surface area contributed by atoms with Crippen LogP contribution in [0.1, 0.15) is 20.3 Å². The van der Waals surface area contributed by atoms with E-state index in [9.17, 15) is 9.59 Å². The molecule has 6 nitrogen and oxygen atoms in total. The highest BCUT2D eigenvalue weighted by molar-refractivity contribution is 5.90. The molecule has 2 rings (SSSR count). The molecule has 0 fully saturated rings. The van der Waals surface area contributed by atoms with Gasteiger partial charge in [0.05, 0.1) is 0 Å². The number of para-hydroxylation sites is 1. The Balaban J connectivity index is 2.06. The number of rotatable bonds is 7. The van der Waals surface area contributed by atoms with E-state index in [2.05, 4.69) is 11.9 Å². The summed E-state index contributed by atoms with van der Waals surface area (Å²) in [5.74, 6) is 0.311. The zero-order valence-electron chi connectivity index (χ0n) is 15.6. The van der Waals surface area contributed by atoms with Crippen molar-refractivity contribution < 1.29 is 19.1 Å². The van der Waals surface area contributed by atoms with Gasteiger partial charge in [0.2, 0.25) is 0 Å². The number of hydrogen-bond acceptors (Lipinski definition) is 4. The highest BCUT2D eigenvalue weighted by Gasteiger charge is 2.17. The van der Waals surface area contributed by atoms with E-state index in [1.165, 1.54) is 4.90 Å². The van der Waals surface area contributed by atoms with Gasteiger partial charge in [-0.3, -0.25) is 10.2 Å². The van der Waals surface area contributed by atoms with E-state index in [4.69, 9.17) is 9.47 Å². The van der Waals surface area contributed by atoms with E-state index >= 15 is 0 Å². The molecule has 6 heteroatoms. The SMILES string of the molecule is C=CCN(C(=O)Oc1cccc(NC(=O)OC(C)CC)c1)c1ccccc1. The summed E-state index contributed by atoms with van der Waals surface area (Å²) in [6, 6.07) is 15.7. The van der Waals surface area contributed by atoms with Crippen LogP contribution >= 0.6 is 0 Å². The summed E-state index contributed by atoms with van der Waals surface area (Å²) in [5.41, 5.74) is 1.18. The maximum Gasteiger partial charge on any atom is 0.420 e. The Bertz CT molecular complexity index is 777. The van der Waals surface area contributed by atoms with Crippen LogP contribution in [0, 0.1) is 0 Å². The van der Waals surface area contributed by atoms with Gasteiger partial charge in [-0.05, 0) is 37.6 Å². The highest BCUT2D eigenvalue weighted by Crippen LogP contribution is 2.21. The number of benzene rings is 2. The molecule has 0 aromatic heterocycles. The van der Waals surface area contributed by atoms with E-state index in [0.717, 1.165) is 6.42 Å². The Hall–Kier alpha value is -3.28. The van der Waals surface area contributed by atoms with Gasteiger partial charge in [0.15, 0.2) is 0 Å². The van der Waals surface area contributed by atoms with E-state index < -0.39 is 12.2 Å². The lowest BCUT2D eigenvalue weighted by molar-refractivity contribution is 0.118. The molecule has 0 saturated carbocycles. The van der Waals surface area contributed by atoms with Crippen molar-refractivity contribution in [3.63, 3.8) is 0 Å². The zero-order chi connectivity index (χ0) is 19.6. The van der Waals surface area contributed by atoms with Crippen molar-refractivity contribution in [2.24, 2.45) is 0 Å². The first-order chi connectivity index (χ1) is 13.0. The van der Waals surface area contributed by atoms with Crippen molar-refractivity contribution >= 4 is 23.6 Å². The molecular weight excluding hydrogens is 344 g/mol. The minimum atomic E-state index is -0.551. The molecule has 0 aliphatic heterocycles. The molecule has 2 amide bonds. The second-order valence-electron chi connectivity index (χ2n) is 5.88. The quantitative estimate of drug-likeness (QED) is 0.680. The zero-order valence-corrected chi connectivity index (χ0v) is 15.6. The van der Waals surface area contributed by atoms with Gasteiger partial charge in [-0.2, -0.15) is 0 Å².